The van der Waals surface area contributed by atoms with Crippen LogP contribution in [0.3, 0.4) is 0 Å². The zero-order valence-electron chi connectivity index (χ0n) is 6.94. The van der Waals surface area contributed by atoms with Gasteiger partial charge in [0.15, 0.2) is 5.78 Å². The van der Waals surface area contributed by atoms with Gasteiger partial charge in [-0.3, -0.25) is 4.79 Å². The number of nitrogens with two attached hydrogens (primary N) is 1. The van der Waals surface area contributed by atoms with E-state index in [9.17, 15) is 9.59 Å². The average Bonchev–Trinajstić information content (AvgIpc) is 2.03. The van der Waals surface area contributed by atoms with Gasteiger partial charge in [-0.05, 0) is 12.1 Å². The maximum atomic E-state index is 10.8. The van der Waals surface area contributed by atoms with Crippen LogP contribution in [0.4, 0.5) is 5.82 Å². The van der Waals surface area contributed by atoms with Crippen LogP contribution in [0.15, 0.2) is 12.1 Å². The van der Waals surface area contributed by atoms with Crippen molar-refractivity contribution in [1.29, 1.82) is 0 Å². The number of aromatic carboxylic acids is 1. The van der Waals surface area contributed by atoms with Crippen molar-refractivity contribution in [1.82, 2.24) is 4.98 Å². The van der Waals surface area contributed by atoms with Gasteiger partial charge in [0.1, 0.15) is 17.1 Å². The summed E-state index contributed by atoms with van der Waals surface area (Å²) in [7, 11) is 0. The lowest BCUT2D eigenvalue weighted by Crippen LogP contribution is -2.07. The molecule has 0 saturated heterocycles. The third-order valence-electron chi connectivity index (χ3n) is 1.52. The van der Waals surface area contributed by atoms with Crippen molar-refractivity contribution in [3.8, 4) is 0 Å². The number of ketones is 1. The average molecular weight is 180 g/mol. The first kappa shape index (κ1) is 9.18. The van der Waals surface area contributed by atoms with E-state index in [-0.39, 0.29) is 22.9 Å². The molecule has 0 atom stereocenters. The van der Waals surface area contributed by atoms with Crippen LogP contribution < -0.4 is 5.73 Å². The molecule has 1 aromatic rings. The second-order valence-corrected chi connectivity index (χ2v) is 2.49. The molecule has 5 nitrogen and oxygen atoms in total. The van der Waals surface area contributed by atoms with E-state index in [1.807, 2.05) is 0 Å². The summed E-state index contributed by atoms with van der Waals surface area (Å²) < 4.78 is 0. The Bertz CT molecular complexity index is 374. The predicted octanol–water partition coefficient (Wildman–Crippen LogP) is 0.565. The molecule has 3 N–H and O–H groups in total. The van der Waals surface area contributed by atoms with Gasteiger partial charge in [0.25, 0.3) is 0 Å². The first-order chi connectivity index (χ1) is 6.02. The molecule has 0 aliphatic carbocycles. The monoisotopic (exact) mass is 180 g/mol. The number of hydrogen-bond donors (Lipinski definition) is 2. The number of carbonyl (C=O) groups is 2. The Hall–Kier alpha value is -1.91. The molecule has 0 unspecified atom stereocenters. The van der Waals surface area contributed by atoms with Crippen molar-refractivity contribution in [2.75, 3.05) is 5.73 Å². The SMILES string of the molecule is CC(=O)c1ccc(C(=O)O)c(N)n1. The van der Waals surface area contributed by atoms with E-state index in [2.05, 4.69) is 4.98 Å². The van der Waals surface area contributed by atoms with Gasteiger partial charge in [-0.2, -0.15) is 0 Å². The standard InChI is InChI=1S/C8H8N2O3/c1-4(11)6-3-2-5(8(12)13)7(9)10-6/h2-3H,1H3,(H2,9,10)(H,12,13). The van der Waals surface area contributed by atoms with Gasteiger partial charge in [0.2, 0.25) is 0 Å². The van der Waals surface area contributed by atoms with E-state index in [0.717, 1.165) is 0 Å². The number of nitrogens with zero attached hydrogens (tertiary/aromatic N) is 1. The van der Waals surface area contributed by atoms with Crippen LogP contribution in [0.5, 0.6) is 0 Å². The molecule has 0 saturated carbocycles. The number of rotatable bonds is 2. The molecule has 0 bridgehead atoms. The summed E-state index contributed by atoms with van der Waals surface area (Å²) in [5.74, 6) is -1.54. The number of hydrogen-bond acceptors (Lipinski definition) is 4. The van der Waals surface area contributed by atoms with E-state index >= 15 is 0 Å². The summed E-state index contributed by atoms with van der Waals surface area (Å²) >= 11 is 0. The fourth-order valence-electron chi connectivity index (χ4n) is 0.852. The number of carbonyl (C=O) groups excluding carboxylic acids is 1. The van der Waals surface area contributed by atoms with E-state index < -0.39 is 5.97 Å². The fraction of sp³-hybridized carbons (Fsp3) is 0.125. The van der Waals surface area contributed by atoms with Gasteiger partial charge in [0.05, 0.1) is 0 Å². The lowest BCUT2D eigenvalue weighted by molar-refractivity contribution is 0.0697. The maximum absolute atomic E-state index is 10.8. The molecule has 1 heterocycles. The molecule has 1 aromatic heterocycles. The number of carboxylic acid groups (broad SMARTS) is 1. The minimum Gasteiger partial charge on any atom is -0.478 e. The van der Waals surface area contributed by atoms with Gasteiger partial charge < -0.3 is 10.8 Å². The Labute approximate surface area is 74.2 Å². The second kappa shape index (κ2) is 3.22. The highest BCUT2D eigenvalue weighted by Gasteiger charge is 2.10. The second-order valence-electron chi connectivity index (χ2n) is 2.49. The fourth-order valence-corrected chi connectivity index (χ4v) is 0.852. The number of carboxylic acids is 1. The highest BCUT2D eigenvalue weighted by Crippen LogP contribution is 2.09. The predicted molar refractivity (Wildman–Crippen MR) is 45.6 cm³/mol. The van der Waals surface area contributed by atoms with Gasteiger partial charge in [-0.1, -0.05) is 0 Å². The number of Topliss-reactive ketones (excluding diaryl/α,β-unsaturated/α-hetero) is 1. The largest absolute Gasteiger partial charge is 0.478 e. The molecular weight excluding hydrogens is 172 g/mol. The molecule has 5 heteroatoms. The topological polar surface area (TPSA) is 93.3 Å². The van der Waals surface area contributed by atoms with Gasteiger partial charge in [0, 0.05) is 6.92 Å². The molecule has 0 aliphatic rings. The molecule has 1 rings (SSSR count). The van der Waals surface area contributed by atoms with Crippen molar-refractivity contribution in [3.05, 3.63) is 23.4 Å². The third-order valence-corrected chi connectivity index (χ3v) is 1.52. The first-order valence-corrected chi connectivity index (χ1v) is 3.53. The summed E-state index contributed by atoms with van der Waals surface area (Å²) in [6.45, 7) is 1.34. The quantitative estimate of drug-likeness (QED) is 0.648. The summed E-state index contributed by atoms with van der Waals surface area (Å²) in [5.41, 5.74) is 5.39. The zero-order valence-corrected chi connectivity index (χ0v) is 6.94. The Morgan fingerprint density at radius 2 is 2.08 bits per heavy atom. The molecule has 0 amide bonds. The van der Waals surface area contributed by atoms with Crippen LogP contribution in [0.1, 0.15) is 27.8 Å². The van der Waals surface area contributed by atoms with Gasteiger partial charge >= 0.3 is 5.97 Å². The summed E-state index contributed by atoms with van der Waals surface area (Å²) in [6.07, 6.45) is 0. The van der Waals surface area contributed by atoms with Crippen molar-refractivity contribution in [3.63, 3.8) is 0 Å². The third kappa shape index (κ3) is 1.81. The first-order valence-electron chi connectivity index (χ1n) is 3.53. The molecule has 0 aliphatic heterocycles. The van der Waals surface area contributed by atoms with Crippen molar-refractivity contribution < 1.29 is 14.7 Å². The van der Waals surface area contributed by atoms with Crippen LogP contribution in [0.2, 0.25) is 0 Å². The molecular formula is C8H8N2O3. The lowest BCUT2D eigenvalue weighted by atomic mass is 10.2. The number of nitrogen functional groups attached to an aromatic ring is 1. The Kier molecular flexibility index (Phi) is 2.27. The van der Waals surface area contributed by atoms with E-state index in [4.69, 9.17) is 10.8 Å². The molecule has 68 valence electrons. The highest BCUT2D eigenvalue weighted by atomic mass is 16.4. The minimum absolute atomic E-state index is 0.0926. The Morgan fingerprint density at radius 1 is 1.46 bits per heavy atom. The van der Waals surface area contributed by atoms with Crippen LogP contribution in [0, 0.1) is 0 Å². The van der Waals surface area contributed by atoms with E-state index in [1.165, 1.54) is 19.1 Å². The highest BCUT2D eigenvalue weighted by molar-refractivity contribution is 5.96. The van der Waals surface area contributed by atoms with Crippen molar-refractivity contribution >= 4 is 17.6 Å². The van der Waals surface area contributed by atoms with Gasteiger partial charge in [-0.25, -0.2) is 9.78 Å². The van der Waals surface area contributed by atoms with Crippen LogP contribution in [0.25, 0.3) is 0 Å². The zero-order chi connectivity index (χ0) is 10.0. The van der Waals surface area contributed by atoms with Crippen LogP contribution in [-0.4, -0.2) is 21.8 Å². The van der Waals surface area contributed by atoms with Crippen LogP contribution >= 0.6 is 0 Å². The lowest BCUT2D eigenvalue weighted by Gasteiger charge is -2.00. The van der Waals surface area contributed by atoms with E-state index in [1.54, 1.807) is 0 Å². The van der Waals surface area contributed by atoms with Gasteiger partial charge in [-0.15, -0.1) is 0 Å². The normalized spacial score (nSPS) is 9.62. The minimum atomic E-state index is -1.15. The number of aromatic nitrogens is 1. The van der Waals surface area contributed by atoms with E-state index in [0.29, 0.717) is 0 Å². The molecule has 0 aromatic carbocycles. The number of pyridine rings is 1. The summed E-state index contributed by atoms with van der Waals surface area (Å²) in [4.78, 5) is 25.0. The molecule has 0 spiro atoms. The molecule has 0 radical (unpaired) electrons. The molecule has 0 fully saturated rings. The van der Waals surface area contributed by atoms with Crippen LogP contribution in [-0.2, 0) is 0 Å². The Morgan fingerprint density at radius 3 is 2.46 bits per heavy atom. The number of anilines is 1. The van der Waals surface area contributed by atoms with Crippen molar-refractivity contribution in [2.45, 2.75) is 6.92 Å². The van der Waals surface area contributed by atoms with Crippen molar-refractivity contribution in [2.24, 2.45) is 0 Å². The molecule has 13 heavy (non-hydrogen) atoms. The summed E-state index contributed by atoms with van der Waals surface area (Å²) in [6, 6.07) is 2.60. The smallest absolute Gasteiger partial charge is 0.339 e. The Balaban J connectivity index is 3.20. The summed E-state index contributed by atoms with van der Waals surface area (Å²) in [5, 5.41) is 8.59. The maximum Gasteiger partial charge on any atom is 0.339 e.